The van der Waals surface area contributed by atoms with Gasteiger partial charge in [-0.2, -0.15) is 12.6 Å². The highest BCUT2D eigenvalue weighted by Crippen LogP contribution is 2.02. The van der Waals surface area contributed by atoms with E-state index in [2.05, 4.69) is 12.6 Å². The number of hydrogen-bond acceptors (Lipinski definition) is 3. The molecule has 4 heteroatoms. The van der Waals surface area contributed by atoms with Gasteiger partial charge >= 0.3 is 0 Å². The van der Waals surface area contributed by atoms with Crippen LogP contribution < -0.4 is 5.73 Å². The summed E-state index contributed by atoms with van der Waals surface area (Å²) in [5.41, 5.74) is 4.76. The number of hydrogen-bond donors (Lipinski definition) is 3. The Bertz CT molecular complexity index is 105. The molecule has 0 saturated carbocycles. The molecule has 0 rings (SSSR count). The van der Waals surface area contributed by atoms with Crippen molar-refractivity contribution in [1.82, 2.24) is 0 Å². The van der Waals surface area contributed by atoms with Crippen LogP contribution in [0.3, 0.4) is 0 Å². The SMILES string of the molecule is CC(S)CC(O)C(N)=O. The number of carbonyl (C=O) groups excluding carboxylic acids is 1. The van der Waals surface area contributed by atoms with Crippen molar-refractivity contribution in [3.63, 3.8) is 0 Å². The third-order valence-corrected chi connectivity index (χ3v) is 1.10. The molecule has 0 aliphatic rings. The first-order valence-corrected chi connectivity index (χ1v) is 3.21. The third kappa shape index (κ3) is 4.29. The topological polar surface area (TPSA) is 63.3 Å². The van der Waals surface area contributed by atoms with E-state index in [9.17, 15) is 4.79 Å². The van der Waals surface area contributed by atoms with E-state index in [-0.39, 0.29) is 5.25 Å². The van der Waals surface area contributed by atoms with Crippen molar-refractivity contribution in [3.8, 4) is 0 Å². The molecule has 3 N–H and O–H groups in total. The fourth-order valence-corrected chi connectivity index (χ4v) is 0.639. The second-order valence-corrected chi connectivity index (χ2v) is 2.88. The molecule has 0 radical (unpaired) electrons. The molecule has 2 unspecified atom stereocenters. The summed E-state index contributed by atoms with van der Waals surface area (Å²) < 4.78 is 0. The van der Waals surface area contributed by atoms with Crippen LogP contribution >= 0.6 is 12.6 Å². The Hall–Kier alpha value is -0.220. The number of rotatable bonds is 3. The van der Waals surface area contributed by atoms with E-state index < -0.39 is 12.0 Å². The van der Waals surface area contributed by atoms with E-state index in [0.29, 0.717) is 6.42 Å². The maximum absolute atomic E-state index is 10.2. The molecule has 54 valence electrons. The minimum absolute atomic E-state index is 0.00694. The third-order valence-electron chi connectivity index (χ3n) is 0.893. The van der Waals surface area contributed by atoms with Gasteiger partial charge in [0.05, 0.1) is 0 Å². The van der Waals surface area contributed by atoms with E-state index in [1.54, 1.807) is 6.92 Å². The van der Waals surface area contributed by atoms with Crippen LogP contribution in [0.5, 0.6) is 0 Å². The summed E-state index contributed by atoms with van der Waals surface area (Å²) in [6, 6.07) is 0. The van der Waals surface area contributed by atoms with Crippen molar-refractivity contribution in [2.45, 2.75) is 24.7 Å². The van der Waals surface area contributed by atoms with Gasteiger partial charge in [-0.05, 0) is 6.42 Å². The zero-order chi connectivity index (χ0) is 7.44. The molecule has 0 aliphatic heterocycles. The first-order valence-electron chi connectivity index (χ1n) is 2.69. The van der Waals surface area contributed by atoms with Crippen molar-refractivity contribution in [2.75, 3.05) is 0 Å². The molecule has 0 heterocycles. The molecular formula is C5H11NO2S. The average molecular weight is 149 g/mol. The molecule has 0 aromatic rings. The van der Waals surface area contributed by atoms with Crippen molar-refractivity contribution >= 4 is 18.5 Å². The van der Waals surface area contributed by atoms with E-state index >= 15 is 0 Å². The van der Waals surface area contributed by atoms with Gasteiger partial charge in [0.2, 0.25) is 5.91 Å². The maximum Gasteiger partial charge on any atom is 0.246 e. The fraction of sp³-hybridized carbons (Fsp3) is 0.800. The lowest BCUT2D eigenvalue weighted by Crippen LogP contribution is -2.29. The van der Waals surface area contributed by atoms with Crippen LogP contribution in [0.1, 0.15) is 13.3 Å². The predicted octanol–water partition coefficient (Wildman–Crippen LogP) is -0.459. The van der Waals surface area contributed by atoms with Gasteiger partial charge in [-0.15, -0.1) is 0 Å². The highest BCUT2D eigenvalue weighted by molar-refractivity contribution is 7.80. The van der Waals surface area contributed by atoms with Crippen molar-refractivity contribution in [3.05, 3.63) is 0 Å². The Morgan fingerprint density at radius 3 is 2.44 bits per heavy atom. The van der Waals surface area contributed by atoms with Gasteiger partial charge in [0, 0.05) is 5.25 Å². The van der Waals surface area contributed by atoms with Gasteiger partial charge in [-0.1, -0.05) is 6.92 Å². The summed E-state index contributed by atoms with van der Waals surface area (Å²) in [5.74, 6) is -0.684. The molecule has 1 amide bonds. The molecule has 0 fully saturated rings. The molecule has 0 aromatic carbocycles. The van der Waals surface area contributed by atoms with Gasteiger partial charge < -0.3 is 10.8 Å². The van der Waals surface area contributed by atoms with Gasteiger partial charge in [0.25, 0.3) is 0 Å². The van der Waals surface area contributed by atoms with Crippen LogP contribution in [0.25, 0.3) is 0 Å². The zero-order valence-corrected chi connectivity index (χ0v) is 6.14. The molecule has 0 saturated heterocycles. The Morgan fingerprint density at radius 2 is 2.33 bits per heavy atom. The van der Waals surface area contributed by atoms with Gasteiger partial charge in [-0.3, -0.25) is 4.79 Å². The Labute approximate surface area is 59.6 Å². The molecule has 2 atom stereocenters. The lowest BCUT2D eigenvalue weighted by molar-refractivity contribution is -0.126. The highest BCUT2D eigenvalue weighted by Gasteiger charge is 2.11. The van der Waals surface area contributed by atoms with Crippen LogP contribution in [0, 0.1) is 0 Å². The Kier molecular flexibility index (Phi) is 3.65. The lowest BCUT2D eigenvalue weighted by Gasteiger charge is -2.06. The number of nitrogens with two attached hydrogens (primary N) is 1. The molecular weight excluding hydrogens is 138 g/mol. The average Bonchev–Trinajstić information content (AvgIpc) is 1.63. The molecule has 3 nitrogen and oxygen atoms in total. The van der Waals surface area contributed by atoms with Crippen molar-refractivity contribution in [2.24, 2.45) is 5.73 Å². The molecule has 0 aromatic heterocycles. The maximum atomic E-state index is 10.2. The van der Waals surface area contributed by atoms with Gasteiger partial charge in [-0.25, -0.2) is 0 Å². The predicted molar refractivity (Wildman–Crippen MR) is 38.3 cm³/mol. The van der Waals surface area contributed by atoms with E-state index in [1.807, 2.05) is 0 Å². The molecule has 0 spiro atoms. The van der Waals surface area contributed by atoms with Crippen molar-refractivity contribution in [1.29, 1.82) is 0 Å². The number of thiol groups is 1. The van der Waals surface area contributed by atoms with Crippen LogP contribution in [0.2, 0.25) is 0 Å². The quantitative estimate of drug-likeness (QED) is 0.475. The summed E-state index contributed by atoms with van der Waals surface area (Å²) in [6.07, 6.45) is -0.726. The fourth-order valence-electron chi connectivity index (χ4n) is 0.439. The van der Waals surface area contributed by atoms with Crippen LogP contribution in [-0.4, -0.2) is 22.4 Å². The molecule has 9 heavy (non-hydrogen) atoms. The Morgan fingerprint density at radius 1 is 1.89 bits per heavy atom. The van der Waals surface area contributed by atoms with E-state index in [4.69, 9.17) is 10.8 Å². The van der Waals surface area contributed by atoms with E-state index in [1.165, 1.54) is 0 Å². The molecule has 0 aliphatic carbocycles. The van der Waals surface area contributed by atoms with Gasteiger partial charge in [0.1, 0.15) is 6.10 Å². The number of carbonyl (C=O) groups is 1. The van der Waals surface area contributed by atoms with Crippen LogP contribution in [0.4, 0.5) is 0 Å². The first kappa shape index (κ1) is 8.78. The number of aliphatic hydroxyl groups excluding tert-OH is 1. The minimum atomic E-state index is -1.04. The second-order valence-electron chi connectivity index (χ2n) is 2.00. The normalized spacial score (nSPS) is 16.8. The number of primary amides is 1. The second kappa shape index (κ2) is 3.74. The van der Waals surface area contributed by atoms with Crippen molar-refractivity contribution < 1.29 is 9.90 Å². The number of amides is 1. The minimum Gasteiger partial charge on any atom is -0.383 e. The number of aliphatic hydroxyl groups is 1. The summed E-state index contributed by atoms with van der Waals surface area (Å²) >= 11 is 3.96. The van der Waals surface area contributed by atoms with Crippen LogP contribution in [0.15, 0.2) is 0 Å². The highest BCUT2D eigenvalue weighted by atomic mass is 32.1. The molecule has 0 bridgehead atoms. The van der Waals surface area contributed by atoms with E-state index in [0.717, 1.165) is 0 Å². The van der Waals surface area contributed by atoms with Crippen LogP contribution in [-0.2, 0) is 4.79 Å². The summed E-state index contributed by atoms with van der Waals surface area (Å²) in [7, 11) is 0. The zero-order valence-electron chi connectivity index (χ0n) is 5.24. The summed E-state index contributed by atoms with van der Waals surface area (Å²) in [6.45, 7) is 1.79. The lowest BCUT2D eigenvalue weighted by atomic mass is 10.2. The summed E-state index contributed by atoms with van der Waals surface area (Å²) in [5, 5.41) is 8.78. The monoisotopic (exact) mass is 149 g/mol. The largest absolute Gasteiger partial charge is 0.383 e. The standard InChI is InChI=1S/C5H11NO2S/c1-3(9)2-4(7)5(6)8/h3-4,7,9H,2H2,1H3,(H2,6,8). The smallest absolute Gasteiger partial charge is 0.246 e. The van der Waals surface area contributed by atoms with Gasteiger partial charge in [0.15, 0.2) is 0 Å². The first-order chi connectivity index (χ1) is 4.04. The Balaban J connectivity index is 3.50. The summed E-state index contributed by atoms with van der Waals surface area (Å²) in [4.78, 5) is 10.2.